The highest BCUT2D eigenvalue weighted by atomic mass is 16.6. The van der Waals surface area contributed by atoms with Gasteiger partial charge in [-0.25, -0.2) is 0 Å². The van der Waals surface area contributed by atoms with Gasteiger partial charge in [-0.05, 0) is 68.7 Å². The fraction of sp³-hybridized carbons (Fsp3) is 0.500. The predicted octanol–water partition coefficient (Wildman–Crippen LogP) is 4.74. The maximum atomic E-state index is 12.4. The minimum atomic E-state index is -0.489. The van der Waals surface area contributed by atoms with E-state index in [9.17, 15) is 4.79 Å². The van der Waals surface area contributed by atoms with Crippen LogP contribution in [0.4, 0.5) is 0 Å². The second kappa shape index (κ2) is 6.58. The highest BCUT2D eigenvalue weighted by Gasteiger charge is 2.47. The summed E-state index contributed by atoms with van der Waals surface area (Å²) in [6.07, 6.45) is 3.95. The number of epoxide rings is 1. The SMILES string of the molecule is CCC(C)(C)C(=O)Oc1cccc2cc(OCC3CC4OC4C3)ccc12. The van der Waals surface area contributed by atoms with Crippen molar-refractivity contribution in [1.29, 1.82) is 0 Å². The van der Waals surface area contributed by atoms with Crippen LogP contribution in [0.1, 0.15) is 40.0 Å². The van der Waals surface area contributed by atoms with Crippen molar-refractivity contribution in [2.45, 2.75) is 52.2 Å². The summed E-state index contributed by atoms with van der Waals surface area (Å²) in [7, 11) is 0. The van der Waals surface area contributed by atoms with Gasteiger partial charge in [0.15, 0.2) is 0 Å². The van der Waals surface area contributed by atoms with Gasteiger partial charge < -0.3 is 14.2 Å². The Morgan fingerprint density at radius 1 is 1.19 bits per heavy atom. The van der Waals surface area contributed by atoms with Gasteiger partial charge >= 0.3 is 5.97 Å². The van der Waals surface area contributed by atoms with E-state index in [1.54, 1.807) is 0 Å². The maximum Gasteiger partial charge on any atom is 0.316 e. The van der Waals surface area contributed by atoms with Gasteiger partial charge in [-0.3, -0.25) is 4.79 Å². The highest BCUT2D eigenvalue weighted by molar-refractivity contribution is 5.92. The number of hydrogen-bond donors (Lipinski definition) is 0. The molecule has 1 aliphatic heterocycles. The summed E-state index contributed by atoms with van der Waals surface area (Å²) in [5, 5.41) is 1.94. The molecule has 0 radical (unpaired) electrons. The lowest BCUT2D eigenvalue weighted by Gasteiger charge is -2.20. The molecule has 0 aromatic heterocycles. The van der Waals surface area contributed by atoms with Gasteiger partial charge in [0, 0.05) is 5.39 Å². The first-order valence-corrected chi connectivity index (χ1v) is 9.49. The lowest BCUT2D eigenvalue weighted by molar-refractivity contribution is -0.144. The van der Waals surface area contributed by atoms with Crippen LogP contribution in [-0.4, -0.2) is 24.8 Å². The Bertz CT molecular complexity index is 816. The van der Waals surface area contributed by atoms with E-state index in [-0.39, 0.29) is 5.97 Å². The van der Waals surface area contributed by atoms with Crippen LogP contribution < -0.4 is 9.47 Å². The summed E-state index contributed by atoms with van der Waals surface area (Å²) >= 11 is 0. The number of carbonyl (C=O) groups is 1. The van der Waals surface area contributed by atoms with Crippen molar-refractivity contribution in [2.75, 3.05) is 6.61 Å². The van der Waals surface area contributed by atoms with Crippen LogP contribution in [0.2, 0.25) is 0 Å². The first-order valence-electron chi connectivity index (χ1n) is 9.49. The molecule has 4 rings (SSSR count). The van der Waals surface area contributed by atoms with Crippen LogP contribution in [0, 0.1) is 11.3 Å². The molecule has 2 atom stereocenters. The number of ether oxygens (including phenoxy) is 3. The normalized spacial score (nSPS) is 24.3. The number of carbonyl (C=O) groups excluding carboxylic acids is 1. The van der Waals surface area contributed by atoms with Crippen LogP contribution in [0.3, 0.4) is 0 Å². The molecule has 138 valence electrons. The van der Waals surface area contributed by atoms with Crippen molar-refractivity contribution in [2.24, 2.45) is 11.3 Å². The van der Waals surface area contributed by atoms with Crippen LogP contribution in [-0.2, 0) is 9.53 Å². The number of hydrogen-bond acceptors (Lipinski definition) is 4. The third-order valence-corrected chi connectivity index (χ3v) is 5.76. The van der Waals surface area contributed by atoms with Crippen molar-refractivity contribution in [3.8, 4) is 11.5 Å². The van der Waals surface area contributed by atoms with E-state index in [1.807, 2.05) is 57.2 Å². The molecule has 1 heterocycles. The molecule has 1 aliphatic carbocycles. The van der Waals surface area contributed by atoms with E-state index in [1.165, 1.54) is 0 Å². The molecule has 1 saturated carbocycles. The minimum Gasteiger partial charge on any atom is -0.493 e. The molecule has 4 nitrogen and oxygen atoms in total. The highest BCUT2D eigenvalue weighted by Crippen LogP contribution is 2.42. The molecule has 26 heavy (non-hydrogen) atoms. The van der Waals surface area contributed by atoms with Crippen molar-refractivity contribution < 1.29 is 19.0 Å². The van der Waals surface area contributed by atoms with Gasteiger partial charge in [-0.2, -0.15) is 0 Å². The molecule has 2 fully saturated rings. The van der Waals surface area contributed by atoms with Crippen molar-refractivity contribution in [1.82, 2.24) is 0 Å². The number of esters is 1. The third kappa shape index (κ3) is 3.43. The van der Waals surface area contributed by atoms with Crippen LogP contribution in [0.15, 0.2) is 36.4 Å². The second-order valence-electron chi connectivity index (χ2n) is 8.13. The standard InChI is InChI=1S/C22H26O4/c1-4-22(2,3)21(23)26-18-7-5-6-15-12-16(8-9-17(15)18)24-13-14-10-19-20(11-14)25-19/h5-9,12,14,19-20H,4,10-11,13H2,1-3H3. The van der Waals surface area contributed by atoms with Gasteiger partial charge in [-0.1, -0.05) is 19.1 Å². The number of fused-ring (bicyclic) bond motifs is 2. The first-order chi connectivity index (χ1) is 12.5. The summed E-state index contributed by atoms with van der Waals surface area (Å²) in [5.41, 5.74) is -0.489. The fourth-order valence-electron chi connectivity index (χ4n) is 3.49. The molecule has 4 heteroatoms. The van der Waals surface area contributed by atoms with E-state index >= 15 is 0 Å². The van der Waals surface area contributed by atoms with Gasteiger partial charge in [0.2, 0.25) is 0 Å². The third-order valence-electron chi connectivity index (χ3n) is 5.76. The van der Waals surface area contributed by atoms with Gasteiger partial charge in [0.1, 0.15) is 11.5 Å². The molecule has 2 aliphatic rings. The zero-order valence-corrected chi connectivity index (χ0v) is 15.7. The van der Waals surface area contributed by atoms with Gasteiger partial charge in [-0.15, -0.1) is 0 Å². The topological polar surface area (TPSA) is 48.1 Å². The summed E-state index contributed by atoms with van der Waals surface area (Å²) in [6, 6.07) is 11.7. The molecular formula is C22H26O4. The van der Waals surface area contributed by atoms with E-state index in [0.29, 0.717) is 23.9 Å². The molecule has 0 N–H and O–H groups in total. The molecule has 2 unspecified atom stereocenters. The van der Waals surface area contributed by atoms with Crippen LogP contribution in [0.5, 0.6) is 11.5 Å². The molecule has 0 bridgehead atoms. The summed E-state index contributed by atoms with van der Waals surface area (Å²) in [5.74, 6) is 1.86. The van der Waals surface area contributed by atoms with Crippen molar-refractivity contribution in [3.63, 3.8) is 0 Å². The zero-order valence-electron chi connectivity index (χ0n) is 15.7. The van der Waals surface area contributed by atoms with Crippen LogP contribution in [0.25, 0.3) is 10.8 Å². The molecule has 0 amide bonds. The second-order valence-corrected chi connectivity index (χ2v) is 8.13. The van der Waals surface area contributed by atoms with E-state index < -0.39 is 5.41 Å². The first kappa shape index (κ1) is 17.3. The van der Waals surface area contributed by atoms with Gasteiger partial charge in [0.25, 0.3) is 0 Å². The molecular weight excluding hydrogens is 328 g/mol. The maximum absolute atomic E-state index is 12.4. The monoisotopic (exact) mass is 354 g/mol. The molecule has 0 spiro atoms. The Balaban J connectivity index is 1.47. The average molecular weight is 354 g/mol. The Labute approximate surface area is 154 Å². The molecule has 2 aromatic carbocycles. The lowest BCUT2D eigenvalue weighted by Crippen LogP contribution is -2.28. The van der Waals surface area contributed by atoms with Crippen LogP contribution >= 0.6 is 0 Å². The Morgan fingerprint density at radius 2 is 1.96 bits per heavy atom. The Kier molecular flexibility index (Phi) is 4.39. The largest absolute Gasteiger partial charge is 0.493 e. The Hall–Kier alpha value is -2.07. The lowest BCUT2D eigenvalue weighted by atomic mass is 9.91. The van der Waals surface area contributed by atoms with E-state index in [0.717, 1.165) is 42.4 Å². The summed E-state index contributed by atoms with van der Waals surface area (Å²) in [6.45, 7) is 6.55. The summed E-state index contributed by atoms with van der Waals surface area (Å²) < 4.78 is 17.2. The van der Waals surface area contributed by atoms with Crippen molar-refractivity contribution in [3.05, 3.63) is 36.4 Å². The van der Waals surface area contributed by atoms with E-state index in [4.69, 9.17) is 14.2 Å². The molecule has 1 saturated heterocycles. The smallest absolute Gasteiger partial charge is 0.316 e. The minimum absolute atomic E-state index is 0.199. The number of rotatable bonds is 6. The quantitative estimate of drug-likeness (QED) is 0.427. The van der Waals surface area contributed by atoms with Crippen molar-refractivity contribution >= 4 is 16.7 Å². The van der Waals surface area contributed by atoms with Gasteiger partial charge in [0.05, 0.1) is 24.2 Å². The average Bonchev–Trinajstić information content (AvgIpc) is 3.25. The molecule has 2 aromatic rings. The van der Waals surface area contributed by atoms with E-state index in [2.05, 4.69) is 0 Å². The summed E-state index contributed by atoms with van der Waals surface area (Å²) in [4.78, 5) is 12.4. The number of benzene rings is 2. The Morgan fingerprint density at radius 3 is 2.69 bits per heavy atom. The zero-order chi connectivity index (χ0) is 18.3. The predicted molar refractivity (Wildman–Crippen MR) is 101 cm³/mol. The fourth-order valence-corrected chi connectivity index (χ4v) is 3.49.